The Morgan fingerprint density at radius 2 is 2.12 bits per heavy atom. The lowest BCUT2D eigenvalue weighted by atomic mass is 9.79. The summed E-state index contributed by atoms with van der Waals surface area (Å²) in [7, 11) is 0. The Labute approximate surface area is 112 Å². The van der Waals surface area contributed by atoms with Gasteiger partial charge in [-0.3, -0.25) is 0 Å². The van der Waals surface area contributed by atoms with Gasteiger partial charge in [-0.15, -0.1) is 0 Å². The molecular weight excluding hydrogens is 309 g/mol. The summed E-state index contributed by atoms with van der Waals surface area (Å²) in [6, 6.07) is 9.32. The average molecular weight is 329 g/mol. The summed E-state index contributed by atoms with van der Waals surface area (Å²) in [5.74, 6) is 0.958. The van der Waals surface area contributed by atoms with Crippen molar-refractivity contribution in [1.82, 2.24) is 5.32 Å². The molecule has 1 aliphatic rings. The third-order valence-electron chi connectivity index (χ3n) is 3.52. The van der Waals surface area contributed by atoms with E-state index < -0.39 is 0 Å². The fourth-order valence-electron chi connectivity index (χ4n) is 2.39. The fraction of sp³-hybridized carbons (Fsp3) is 0.571. The van der Waals surface area contributed by atoms with Gasteiger partial charge in [0, 0.05) is 9.61 Å². The number of nitrogens with one attached hydrogen (secondary N) is 1. The molecule has 0 aliphatic heterocycles. The van der Waals surface area contributed by atoms with Crippen molar-refractivity contribution in [3.05, 3.63) is 33.4 Å². The molecule has 0 bridgehead atoms. The Balaban J connectivity index is 2.08. The van der Waals surface area contributed by atoms with Crippen LogP contribution in [0.1, 0.15) is 44.2 Å². The third-order valence-corrected chi connectivity index (χ3v) is 4.51. The van der Waals surface area contributed by atoms with Crippen molar-refractivity contribution < 1.29 is 0 Å². The van der Waals surface area contributed by atoms with Crippen LogP contribution in [0.3, 0.4) is 0 Å². The van der Waals surface area contributed by atoms with Crippen LogP contribution in [0.5, 0.6) is 0 Å². The minimum absolute atomic E-state index is 0.559. The Bertz CT molecular complexity index is 333. The van der Waals surface area contributed by atoms with Crippen molar-refractivity contribution in [3.8, 4) is 0 Å². The first-order valence-electron chi connectivity index (χ1n) is 6.29. The SMILES string of the molecule is CCNC(CC1CCC1)c1ccccc1I. The highest BCUT2D eigenvalue weighted by Crippen LogP contribution is 2.35. The van der Waals surface area contributed by atoms with Crippen LogP contribution in [0.15, 0.2) is 24.3 Å². The van der Waals surface area contributed by atoms with Gasteiger partial charge in [0.1, 0.15) is 0 Å². The number of hydrogen-bond donors (Lipinski definition) is 1. The van der Waals surface area contributed by atoms with E-state index in [1.807, 2.05) is 0 Å². The van der Waals surface area contributed by atoms with Crippen molar-refractivity contribution in [2.24, 2.45) is 5.92 Å². The molecule has 2 heteroatoms. The van der Waals surface area contributed by atoms with Crippen LogP contribution < -0.4 is 5.32 Å². The zero-order valence-electron chi connectivity index (χ0n) is 9.88. The molecule has 1 N–H and O–H groups in total. The van der Waals surface area contributed by atoms with E-state index in [-0.39, 0.29) is 0 Å². The monoisotopic (exact) mass is 329 g/mol. The summed E-state index contributed by atoms with van der Waals surface area (Å²) in [5.41, 5.74) is 1.48. The third kappa shape index (κ3) is 2.98. The highest BCUT2D eigenvalue weighted by Gasteiger charge is 2.23. The van der Waals surface area contributed by atoms with Crippen LogP contribution in [0.25, 0.3) is 0 Å². The summed E-state index contributed by atoms with van der Waals surface area (Å²) in [4.78, 5) is 0. The predicted molar refractivity (Wildman–Crippen MR) is 77.5 cm³/mol. The van der Waals surface area contributed by atoms with E-state index in [0.717, 1.165) is 12.5 Å². The van der Waals surface area contributed by atoms with Crippen LogP contribution in [-0.4, -0.2) is 6.54 Å². The number of benzene rings is 1. The zero-order valence-corrected chi connectivity index (χ0v) is 12.0. The van der Waals surface area contributed by atoms with Gasteiger partial charge in [-0.2, -0.15) is 0 Å². The molecule has 16 heavy (non-hydrogen) atoms. The van der Waals surface area contributed by atoms with Crippen molar-refractivity contribution in [2.45, 2.75) is 38.6 Å². The highest BCUT2D eigenvalue weighted by atomic mass is 127. The van der Waals surface area contributed by atoms with Gasteiger partial charge in [0.15, 0.2) is 0 Å². The summed E-state index contributed by atoms with van der Waals surface area (Å²) >= 11 is 2.45. The highest BCUT2D eigenvalue weighted by molar-refractivity contribution is 14.1. The molecule has 0 saturated heterocycles. The summed E-state index contributed by atoms with van der Waals surface area (Å²) < 4.78 is 1.39. The molecule has 2 rings (SSSR count). The van der Waals surface area contributed by atoms with Gasteiger partial charge >= 0.3 is 0 Å². The minimum Gasteiger partial charge on any atom is -0.310 e. The lowest BCUT2D eigenvalue weighted by Crippen LogP contribution is -2.26. The van der Waals surface area contributed by atoms with Crippen LogP contribution >= 0.6 is 22.6 Å². The molecule has 0 heterocycles. The van der Waals surface area contributed by atoms with Crippen LogP contribution in [0.4, 0.5) is 0 Å². The molecule has 1 nitrogen and oxygen atoms in total. The Morgan fingerprint density at radius 3 is 2.69 bits per heavy atom. The standard InChI is InChI=1S/C14H20IN/c1-2-16-14(10-11-6-5-7-11)12-8-3-4-9-13(12)15/h3-4,8-9,11,14,16H,2,5-7,10H2,1H3. The lowest BCUT2D eigenvalue weighted by molar-refractivity contribution is 0.262. The molecular formula is C14H20IN. The smallest absolute Gasteiger partial charge is 0.0333 e. The zero-order chi connectivity index (χ0) is 11.4. The predicted octanol–water partition coefficient (Wildman–Crippen LogP) is 4.13. The number of rotatable bonds is 5. The molecule has 1 saturated carbocycles. The molecule has 1 unspecified atom stereocenters. The minimum atomic E-state index is 0.559. The number of halogens is 1. The van der Waals surface area contributed by atoms with Crippen LogP contribution in [0.2, 0.25) is 0 Å². The second-order valence-electron chi connectivity index (χ2n) is 4.66. The fourth-order valence-corrected chi connectivity index (χ4v) is 3.15. The van der Waals surface area contributed by atoms with E-state index in [4.69, 9.17) is 0 Å². The van der Waals surface area contributed by atoms with Crippen molar-refractivity contribution in [1.29, 1.82) is 0 Å². The molecule has 0 spiro atoms. The summed E-state index contributed by atoms with van der Waals surface area (Å²) in [6.07, 6.45) is 5.62. The first-order valence-corrected chi connectivity index (χ1v) is 7.37. The van der Waals surface area contributed by atoms with Gasteiger partial charge in [0.25, 0.3) is 0 Å². The molecule has 1 atom stereocenters. The van der Waals surface area contributed by atoms with Crippen molar-refractivity contribution >= 4 is 22.6 Å². The van der Waals surface area contributed by atoms with E-state index in [2.05, 4.69) is 59.1 Å². The van der Waals surface area contributed by atoms with Gasteiger partial charge in [0.05, 0.1) is 0 Å². The van der Waals surface area contributed by atoms with Gasteiger partial charge < -0.3 is 5.32 Å². The second-order valence-corrected chi connectivity index (χ2v) is 5.83. The number of hydrogen-bond acceptors (Lipinski definition) is 1. The van der Waals surface area contributed by atoms with E-state index in [1.54, 1.807) is 0 Å². The van der Waals surface area contributed by atoms with E-state index in [0.29, 0.717) is 6.04 Å². The lowest BCUT2D eigenvalue weighted by Gasteiger charge is -2.30. The average Bonchev–Trinajstić information content (AvgIpc) is 2.23. The van der Waals surface area contributed by atoms with E-state index >= 15 is 0 Å². The van der Waals surface area contributed by atoms with Crippen LogP contribution in [-0.2, 0) is 0 Å². The summed E-state index contributed by atoms with van der Waals surface area (Å²) in [5, 5.41) is 3.63. The molecule has 88 valence electrons. The maximum atomic E-state index is 3.63. The molecule has 1 aliphatic carbocycles. The summed E-state index contributed by atoms with van der Waals surface area (Å²) in [6.45, 7) is 3.26. The van der Waals surface area contributed by atoms with E-state index in [9.17, 15) is 0 Å². The Morgan fingerprint density at radius 1 is 1.38 bits per heavy atom. The topological polar surface area (TPSA) is 12.0 Å². The second kappa shape index (κ2) is 6.01. The molecule has 0 aromatic heterocycles. The molecule has 1 aromatic carbocycles. The molecule has 0 amide bonds. The normalized spacial score (nSPS) is 18.1. The van der Waals surface area contributed by atoms with E-state index in [1.165, 1.54) is 34.8 Å². The Hall–Kier alpha value is -0.0900. The van der Waals surface area contributed by atoms with Crippen molar-refractivity contribution in [3.63, 3.8) is 0 Å². The van der Waals surface area contributed by atoms with Gasteiger partial charge in [0.2, 0.25) is 0 Å². The van der Waals surface area contributed by atoms with Gasteiger partial charge in [-0.1, -0.05) is 44.4 Å². The van der Waals surface area contributed by atoms with Crippen molar-refractivity contribution in [2.75, 3.05) is 6.54 Å². The first kappa shape index (κ1) is 12.4. The quantitative estimate of drug-likeness (QED) is 0.801. The largest absolute Gasteiger partial charge is 0.310 e. The Kier molecular flexibility index (Phi) is 4.65. The van der Waals surface area contributed by atoms with Gasteiger partial charge in [-0.05, 0) is 53.1 Å². The molecule has 1 aromatic rings. The molecule has 1 fully saturated rings. The van der Waals surface area contributed by atoms with Crippen LogP contribution in [0, 0.1) is 9.49 Å². The maximum Gasteiger partial charge on any atom is 0.0333 e. The first-order chi connectivity index (χ1) is 7.81. The van der Waals surface area contributed by atoms with Gasteiger partial charge in [-0.25, -0.2) is 0 Å². The molecule has 0 radical (unpaired) electrons. The maximum absolute atomic E-state index is 3.63.